The van der Waals surface area contributed by atoms with Crippen molar-refractivity contribution >= 4 is 44.5 Å². The Morgan fingerprint density at radius 2 is 1.87 bits per heavy atom. The van der Waals surface area contributed by atoms with E-state index in [-0.39, 0.29) is 43.2 Å². The van der Waals surface area contributed by atoms with Gasteiger partial charge in [-0.15, -0.1) is 0 Å². The number of nitrogens with one attached hydrogen (secondary N) is 1. The van der Waals surface area contributed by atoms with E-state index in [9.17, 15) is 36.6 Å². The third-order valence-corrected chi connectivity index (χ3v) is 13.0. The van der Waals surface area contributed by atoms with E-state index in [1.807, 2.05) is 20.8 Å². The predicted molar refractivity (Wildman–Crippen MR) is 165 cm³/mol. The number of hydrogen-bond acceptors (Lipinski definition) is 10. The number of ether oxygens (including phenoxy) is 1. The average Bonchev–Trinajstić information content (AvgIpc) is 3.50. The molecule has 0 radical (unpaired) electrons. The molecule has 3 N–H and O–H groups in total. The summed E-state index contributed by atoms with van der Waals surface area (Å²) in [6, 6.07) is 2.75. The highest BCUT2D eigenvalue weighted by Crippen LogP contribution is 2.69. The highest BCUT2D eigenvalue weighted by Gasteiger charge is 2.69. The van der Waals surface area contributed by atoms with E-state index in [1.54, 1.807) is 6.92 Å². The standard InChI is InChI=1S/C30H43BFNO11S2/c1-16-9-11-30-12-10-20(34)25(30)29(16,4)19(13-28(3,15-33-45(5,38)39)26(17(30)2)44-46(6,40)41)24(27(35)36)43-21-8-7-18-14-42-31(37)22(18)23(21)32/h7-8,16-17,19,24-26,33,37H,9-15H2,1-6H3,(H,35,36)/t16-,17+,19+,24?,25+,26+,28+,29-,30+/m1/s1. The van der Waals surface area contributed by atoms with Crippen LogP contribution in [0.4, 0.5) is 4.39 Å². The zero-order chi connectivity index (χ0) is 34.2. The largest absolute Gasteiger partial charge is 0.494 e. The number of halogens is 1. The molecule has 1 aromatic carbocycles. The third-order valence-electron chi connectivity index (χ3n) is 11.8. The van der Waals surface area contributed by atoms with E-state index < -0.39 is 91.0 Å². The van der Waals surface area contributed by atoms with Gasteiger partial charge in [0.1, 0.15) is 5.78 Å². The Hall–Kier alpha value is -2.11. The van der Waals surface area contributed by atoms with Crippen molar-refractivity contribution < 1.29 is 54.5 Å². The van der Waals surface area contributed by atoms with E-state index in [0.717, 1.165) is 12.5 Å². The van der Waals surface area contributed by atoms with Crippen LogP contribution in [0.25, 0.3) is 0 Å². The molecule has 5 rings (SSSR count). The molecule has 2 bridgehead atoms. The molecular formula is C30H43BFNO11S2. The fourth-order valence-corrected chi connectivity index (χ4v) is 10.8. The van der Waals surface area contributed by atoms with Gasteiger partial charge in [-0.2, -0.15) is 8.42 Å². The number of Topliss-reactive ketones (excluding diaryl/α,β-unsaturated/α-hetero) is 1. The number of aliphatic carboxylic acids is 1. The zero-order valence-electron chi connectivity index (χ0n) is 26.9. The maximum absolute atomic E-state index is 15.8. The number of benzene rings is 1. The van der Waals surface area contributed by atoms with Gasteiger partial charge >= 0.3 is 13.1 Å². The fourth-order valence-electron chi connectivity index (χ4n) is 9.40. The summed E-state index contributed by atoms with van der Waals surface area (Å²) in [5.74, 6) is -5.40. The monoisotopic (exact) mass is 687 g/mol. The molecular weight excluding hydrogens is 644 g/mol. The zero-order valence-corrected chi connectivity index (χ0v) is 28.5. The summed E-state index contributed by atoms with van der Waals surface area (Å²) >= 11 is 0. The Bertz CT molecular complexity index is 1640. The molecule has 1 unspecified atom stereocenters. The lowest BCUT2D eigenvalue weighted by atomic mass is 9.41. The van der Waals surface area contributed by atoms with Crippen LogP contribution in [0.1, 0.15) is 65.4 Å². The van der Waals surface area contributed by atoms with E-state index in [0.29, 0.717) is 24.8 Å². The van der Waals surface area contributed by atoms with E-state index >= 15 is 4.39 Å². The second kappa shape index (κ2) is 11.8. The van der Waals surface area contributed by atoms with E-state index in [4.69, 9.17) is 13.6 Å². The molecule has 16 heteroatoms. The van der Waals surface area contributed by atoms with Crippen molar-refractivity contribution in [3.63, 3.8) is 0 Å². The minimum absolute atomic E-state index is 0.0360. The molecule has 0 saturated heterocycles. The number of hydrogen-bond donors (Lipinski definition) is 3. The molecule has 0 amide bonds. The van der Waals surface area contributed by atoms with E-state index in [2.05, 4.69) is 4.72 Å². The van der Waals surface area contributed by atoms with Crippen molar-refractivity contribution in [2.24, 2.45) is 39.9 Å². The van der Waals surface area contributed by atoms with Crippen LogP contribution in [-0.2, 0) is 45.2 Å². The number of carbonyl (C=O) groups is 2. The van der Waals surface area contributed by atoms with Crippen LogP contribution in [0.15, 0.2) is 12.1 Å². The van der Waals surface area contributed by atoms with Crippen molar-refractivity contribution in [1.82, 2.24) is 4.72 Å². The first-order valence-electron chi connectivity index (χ1n) is 15.5. The Balaban J connectivity index is 1.74. The van der Waals surface area contributed by atoms with Gasteiger partial charge in [0, 0.05) is 35.7 Å². The van der Waals surface area contributed by atoms with Crippen molar-refractivity contribution in [1.29, 1.82) is 0 Å². The Morgan fingerprint density at radius 1 is 1.20 bits per heavy atom. The number of sulfonamides is 1. The summed E-state index contributed by atoms with van der Waals surface area (Å²) in [4.78, 5) is 27.2. The highest BCUT2D eigenvalue weighted by molar-refractivity contribution is 7.88. The Labute approximate surface area is 270 Å². The quantitative estimate of drug-likeness (QED) is 0.255. The molecule has 1 heterocycles. The van der Waals surface area contributed by atoms with Crippen LogP contribution < -0.4 is 14.9 Å². The van der Waals surface area contributed by atoms with Gasteiger partial charge in [-0.25, -0.2) is 22.3 Å². The lowest BCUT2D eigenvalue weighted by molar-refractivity contribution is -0.194. The predicted octanol–water partition coefficient (Wildman–Crippen LogP) is 1.83. The summed E-state index contributed by atoms with van der Waals surface area (Å²) in [5.41, 5.74) is -2.92. The fraction of sp³-hybridized carbons (Fsp3) is 0.733. The van der Waals surface area contributed by atoms with Crippen LogP contribution >= 0.6 is 0 Å². The number of fused-ring (bicyclic) bond motifs is 1. The topological polar surface area (TPSA) is 183 Å². The van der Waals surface area contributed by atoms with Gasteiger partial charge in [0.25, 0.3) is 10.1 Å². The van der Waals surface area contributed by atoms with Crippen molar-refractivity contribution in [2.75, 3.05) is 19.1 Å². The maximum atomic E-state index is 15.8. The first-order chi connectivity index (χ1) is 21.1. The Kier molecular flexibility index (Phi) is 9.03. The maximum Gasteiger partial charge on any atom is 0.494 e. The highest BCUT2D eigenvalue weighted by atomic mass is 32.2. The van der Waals surface area contributed by atoms with Gasteiger partial charge in [-0.1, -0.05) is 33.8 Å². The number of carbonyl (C=O) groups excluding carboxylic acids is 1. The number of ketones is 1. The lowest BCUT2D eigenvalue weighted by Crippen LogP contribution is -2.65. The van der Waals surface area contributed by atoms with Crippen LogP contribution in [0.5, 0.6) is 5.75 Å². The normalized spacial score (nSPS) is 36.8. The number of rotatable bonds is 9. The lowest BCUT2D eigenvalue weighted by Gasteiger charge is -2.63. The molecule has 1 aromatic rings. The molecule has 256 valence electrons. The van der Waals surface area contributed by atoms with Crippen LogP contribution in [0.2, 0.25) is 0 Å². The van der Waals surface area contributed by atoms with Gasteiger partial charge in [0.05, 0.1) is 25.2 Å². The SMILES string of the molecule is C[C@@H]1CC[C@@]23CCC(=O)[C@H]2[C@@]1(C)[C@H](C(Oc1ccc2c(c1F)B(O)OC2)C(=O)O)C[C@@](C)(CNS(C)(=O)=O)[C@@H](OS(C)(=O)=O)[C@@H]3C. The first kappa shape index (κ1) is 35.2. The first-order valence-corrected chi connectivity index (χ1v) is 19.2. The van der Waals surface area contributed by atoms with E-state index in [1.165, 1.54) is 12.1 Å². The van der Waals surface area contributed by atoms with Gasteiger partial charge < -0.3 is 19.5 Å². The van der Waals surface area contributed by atoms with Crippen molar-refractivity contribution in [3.05, 3.63) is 23.5 Å². The summed E-state index contributed by atoms with van der Waals surface area (Å²) < 4.78 is 85.6. The molecule has 0 spiro atoms. The summed E-state index contributed by atoms with van der Waals surface area (Å²) in [6.45, 7) is 6.99. The molecule has 46 heavy (non-hydrogen) atoms. The molecule has 0 aromatic heterocycles. The molecule has 12 nitrogen and oxygen atoms in total. The van der Waals surface area contributed by atoms with Crippen LogP contribution in [0, 0.1) is 45.7 Å². The van der Waals surface area contributed by atoms with Gasteiger partial charge in [-0.05, 0) is 60.0 Å². The van der Waals surface area contributed by atoms with Crippen LogP contribution in [0.3, 0.4) is 0 Å². The molecule has 4 aliphatic rings. The molecule has 3 fully saturated rings. The third kappa shape index (κ3) is 5.91. The summed E-state index contributed by atoms with van der Waals surface area (Å²) in [7, 11) is -9.48. The van der Waals surface area contributed by atoms with Crippen molar-refractivity contribution in [2.45, 2.75) is 78.6 Å². The molecule has 9 atom stereocenters. The second-order valence-corrected chi connectivity index (χ2v) is 17.9. The number of carboxylic acids is 1. The average molecular weight is 688 g/mol. The minimum Gasteiger partial charge on any atom is -0.478 e. The van der Waals surface area contributed by atoms with Crippen molar-refractivity contribution in [3.8, 4) is 5.75 Å². The molecule has 1 aliphatic heterocycles. The van der Waals surface area contributed by atoms with Gasteiger partial charge in [0.2, 0.25) is 10.0 Å². The molecule has 3 aliphatic carbocycles. The smallest absolute Gasteiger partial charge is 0.478 e. The number of carboxylic acid groups (broad SMARTS) is 1. The summed E-state index contributed by atoms with van der Waals surface area (Å²) in [5, 5.41) is 21.0. The molecule has 3 saturated carbocycles. The summed E-state index contributed by atoms with van der Waals surface area (Å²) in [6.07, 6.45) is 0.629. The minimum atomic E-state index is -4.12. The van der Waals surface area contributed by atoms with Crippen LogP contribution in [-0.4, -0.2) is 77.1 Å². The van der Waals surface area contributed by atoms with Gasteiger partial charge in [-0.3, -0.25) is 8.98 Å². The Morgan fingerprint density at radius 3 is 2.48 bits per heavy atom. The van der Waals surface area contributed by atoms with Gasteiger partial charge in [0.15, 0.2) is 17.7 Å². The second-order valence-electron chi connectivity index (χ2n) is 14.5.